The van der Waals surface area contributed by atoms with Crippen LogP contribution in [0.25, 0.3) is 0 Å². The van der Waals surface area contributed by atoms with Gasteiger partial charge in [-0.25, -0.2) is 8.12 Å². The van der Waals surface area contributed by atoms with Gasteiger partial charge in [0.15, 0.2) is 0 Å². The van der Waals surface area contributed by atoms with Gasteiger partial charge < -0.3 is 0 Å². The van der Waals surface area contributed by atoms with Crippen molar-refractivity contribution in [3.8, 4) is 0 Å². The molecule has 1 fully saturated rings. The van der Waals surface area contributed by atoms with Crippen LogP contribution in [0.2, 0.25) is 0 Å². The average Bonchev–Trinajstić information content (AvgIpc) is 1.77. The zero-order valence-corrected chi connectivity index (χ0v) is 6.84. The van der Waals surface area contributed by atoms with Gasteiger partial charge in [0.05, 0.1) is 0 Å². The molecular weight excluding hydrogens is 217 g/mol. The van der Waals surface area contributed by atoms with Crippen LogP contribution in [-0.2, 0) is 0 Å². The molecule has 0 aromatic rings. The van der Waals surface area contributed by atoms with E-state index in [4.69, 9.17) is 5.84 Å². The van der Waals surface area contributed by atoms with Crippen molar-refractivity contribution in [1.82, 2.24) is 8.12 Å². The van der Waals surface area contributed by atoms with E-state index in [9.17, 15) is 0 Å². The molecule has 48 valence electrons. The lowest BCUT2D eigenvalue weighted by atomic mass is 10.4. The Hall–Kier alpha value is 0.610. The molecule has 0 spiro atoms. The number of piperazine rings is 1. The number of rotatable bonds is 0. The molecule has 0 aromatic carbocycles. The molecule has 0 amide bonds. The van der Waals surface area contributed by atoms with E-state index in [1.165, 1.54) is 0 Å². The highest BCUT2D eigenvalue weighted by molar-refractivity contribution is 14.1. The Labute approximate surface area is 63.3 Å². The summed E-state index contributed by atoms with van der Waals surface area (Å²) in [6.07, 6.45) is 0. The highest BCUT2D eigenvalue weighted by Gasteiger charge is 2.09. The van der Waals surface area contributed by atoms with Crippen LogP contribution >= 0.6 is 22.9 Å². The second kappa shape index (κ2) is 2.95. The first kappa shape index (κ1) is 6.73. The van der Waals surface area contributed by atoms with Gasteiger partial charge in [-0.15, -0.1) is 0 Å². The van der Waals surface area contributed by atoms with E-state index in [0.717, 1.165) is 26.2 Å². The monoisotopic (exact) mass is 227 g/mol. The van der Waals surface area contributed by atoms with Gasteiger partial charge in [0.1, 0.15) is 0 Å². The highest BCUT2D eigenvalue weighted by atomic mass is 127. The predicted molar refractivity (Wildman–Crippen MR) is 41.4 cm³/mol. The molecule has 1 heterocycles. The number of nitrogens with two attached hydrogens (primary N) is 1. The minimum atomic E-state index is 1.00. The Kier molecular flexibility index (Phi) is 2.48. The van der Waals surface area contributed by atoms with E-state index in [-0.39, 0.29) is 0 Å². The number of nitrogens with zero attached hydrogens (tertiary/aromatic N) is 2. The first-order valence-electron chi connectivity index (χ1n) is 2.69. The largest absolute Gasteiger partial charge is 0.269 e. The summed E-state index contributed by atoms with van der Waals surface area (Å²) < 4.78 is 2.25. The lowest BCUT2D eigenvalue weighted by Crippen LogP contribution is -2.45. The summed E-state index contributed by atoms with van der Waals surface area (Å²) >= 11 is 2.32. The minimum Gasteiger partial charge on any atom is -0.269 e. The topological polar surface area (TPSA) is 32.5 Å². The number of hydrogen-bond acceptors (Lipinski definition) is 3. The molecule has 0 atom stereocenters. The Bertz CT molecular complexity index is 59.7. The van der Waals surface area contributed by atoms with Crippen LogP contribution in [0.5, 0.6) is 0 Å². The third-order valence-electron chi connectivity index (χ3n) is 1.26. The molecule has 1 rings (SSSR count). The predicted octanol–water partition coefficient (Wildman–Crippen LogP) is -0.172. The smallest absolute Gasteiger partial charge is 0.0265 e. The minimum absolute atomic E-state index is 1.00. The molecule has 0 unspecified atom stereocenters. The van der Waals surface area contributed by atoms with Gasteiger partial charge in [0, 0.05) is 49.0 Å². The van der Waals surface area contributed by atoms with Gasteiger partial charge in [-0.1, -0.05) is 0 Å². The van der Waals surface area contributed by atoms with E-state index in [1.807, 2.05) is 5.01 Å². The first-order chi connectivity index (χ1) is 3.79. The first-order valence-corrected chi connectivity index (χ1v) is 3.66. The van der Waals surface area contributed by atoms with E-state index < -0.39 is 0 Å². The van der Waals surface area contributed by atoms with Gasteiger partial charge in [-0.3, -0.25) is 5.84 Å². The van der Waals surface area contributed by atoms with Gasteiger partial charge in [-0.05, 0) is 0 Å². The zero-order valence-electron chi connectivity index (χ0n) is 4.68. The summed E-state index contributed by atoms with van der Waals surface area (Å²) in [5, 5.41) is 1.86. The van der Waals surface area contributed by atoms with Crippen LogP contribution in [0.15, 0.2) is 0 Å². The molecule has 1 saturated heterocycles. The molecule has 0 aromatic heterocycles. The van der Waals surface area contributed by atoms with Crippen LogP contribution in [0.1, 0.15) is 0 Å². The van der Waals surface area contributed by atoms with Crippen molar-refractivity contribution in [3.63, 3.8) is 0 Å². The fraction of sp³-hybridized carbons (Fsp3) is 1.00. The van der Waals surface area contributed by atoms with Crippen molar-refractivity contribution in [2.45, 2.75) is 0 Å². The quantitative estimate of drug-likeness (QED) is 0.354. The molecule has 0 saturated carbocycles. The highest BCUT2D eigenvalue weighted by Crippen LogP contribution is 2.01. The zero-order chi connectivity index (χ0) is 5.98. The lowest BCUT2D eigenvalue weighted by molar-refractivity contribution is 0.210. The second-order valence-corrected chi connectivity index (χ2v) is 3.31. The van der Waals surface area contributed by atoms with E-state index in [2.05, 4.69) is 26.0 Å². The number of halogens is 1. The molecule has 4 heteroatoms. The van der Waals surface area contributed by atoms with Crippen LogP contribution in [0.3, 0.4) is 0 Å². The fourth-order valence-electron chi connectivity index (χ4n) is 0.698. The van der Waals surface area contributed by atoms with Crippen LogP contribution < -0.4 is 5.84 Å². The summed E-state index contributed by atoms with van der Waals surface area (Å²) in [6.45, 7) is 4.19. The maximum Gasteiger partial charge on any atom is 0.0265 e. The van der Waals surface area contributed by atoms with Crippen LogP contribution in [-0.4, -0.2) is 34.3 Å². The Balaban J connectivity index is 2.19. The third-order valence-corrected chi connectivity index (χ3v) is 2.22. The summed E-state index contributed by atoms with van der Waals surface area (Å²) in [4.78, 5) is 0. The van der Waals surface area contributed by atoms with Crippen molar-refractivity contribution in [2.75, 3.05) is 26.2 Å². The molecule has 3 nitrogen and oxygen atoms in total. The van der Waals surface area contributed by atoms with E-state index in [0.29, 0.717) is 0 Å². The van der Waals surface area contributed by atoms with Gasteiger partial charge in [-0.2, -0.15) is 0 Å². The summed E-state index contributed by atoms with van der Waals surface area (Å²) in [7, 11) is 0. The van der Waals surface area contributed by atoms with Crippen molar-refractivity contribution in [1.29, 1.82) is 0 Å². The second-order valence-electron chi connectivity index (χ2n) is 1.95. The van der Waals surface area contributed by atoms with E-state index in [1.54, 1.807) is 0 Å². The number of hydrazine groups is 1. The van der Waals surface area contributed by atoms with Gasteiger partial charge in [0.2, 0.25) is 0 Å². The molecule has 2 N–H and O–H groups in total. The molecular formula is C4H10IN3. The van der Waals surface area contributed by atoms with Crippen LogP contribution in [0, 0.1) is 0 Å². The third kappa shape index (κ3) is 1.85. The summed E-state index contributed by atoms with van der Waals surface area (Å²) in [5.74, 6) is 5.50. The fourth-order valence-corrected chi connectivity index (χ4v) is 1.13. The molecule has 0 bridgehead atoms. The van der Waals surface area contributed by atoms with Gasteiger partial charge in [0.25, 0.3) is 0 Å². The maximum atomic E-state index is 5.50. The summed E-state index contributed by atoms with van der Waals surface area (Å²) in [6, 6.07) is 0. The molecule has 0 radical (unpaired) electrons. The standard InChI is InChI=1S/C4H10IN3/c5-7-1-3-8(6)4-2-7/h1-4,6H2. The van der Waals surface area contributed by atoms with Gasteiger partial charge >= 0.3 is 0 Å². The lowest BCUT2D eigenvalue weighted by Gasteiger charge is -2.26. The Morgan fingerprint density at radius 3 is 2.00 bits per heavy atom. The number of hydrogen-bond donors (Lipinski definition) is 1. The SMILES string of the molecule is NN1CCN(I)CC1. The summed E-state index contributed by atoms with van der Waals surface area (Å²) in [5.41, 5.74) is 0. The molecule has 1 aliphatic heterocycles. The van der Waals surface area contributed by atoms with Crippen molar-refractivity contribution in [3.05, 3.63) is 0 Å². The molecule has 1 aliphatic rings. The normalized spacial score (nSPS) is 26.2. The van der Waals surface area contributed by atoms with Crippen molar-refractivity contribution < 1.29 is 0 Å². The van der Waals surface area contributed by atoms with E-state index >= 15 is 0 Å². The Morgan fingerprint density at radius 1 is 1.12 bits per heavy atom. The molecule has 8 heavy (non-hydrogen) atoms. The van der Waals surface area contributed by atoms with Crippen molar-refractivity contribution in [2.24, 2.45) is 5.84 Å². The van der Waals surface area contributed by atoms with Crippen molar-refractivity contribution >= 4 is 22.9 Å². The van der Waals surface area contributed by atoms with Crippen LogP contribution in [0.4, 0.5) is 0 Å². The molecule has 0 aliphatic carbocycles. The maximum absolute atomic E-state index is 5.50. The average molecular weight is 227 g/mol. The Morgan fingerprint density at radius 2 is 1.62 bits per heavy atom.